The zero-order valence-electron chi connectivity index (χ0n) is 14.4. The van der Waals surface area contributed by atoms with E-state index >= 15 is 0 Å². The van der Waals surface area contributed by atoms with Crippen LogP contribution in [0.1, 0.15) is 12.0 Å². The molecule has 1 aliphatic heterocycles. The number of carbonyl (C=O) groups excluding carboxylic acids is 2. The number of nitrogens with zero attached hydrogens (tertiary/aromatic N) is 1. The molecule has 1 aliphatic rings. The van der Waals surface area contributed by atoms with Gasteiger partial charge in [0, 0.05) is 30.2 Å². The molecule has 2 atom stereocenters. The van der Waals surface area contributed by atoms with Crippen molar-refractivity contribution in [3.63, 3.8) is 0 Å². The van der Waals surface area contributed by atoms with Crippen molar-refractivity contribution in [2.75, 3.05) is 11.4 Å². The zero-order valence-corrected chi connectivity index (χ0v) is 16.0. The lowest BCUT2D eigenvalue weighted by Crippen LogP contribution is -2.52. The Kier molecular flexibility index (Phi) is 5.80. The predicted octanol–water partition coefficient (Wildman–Crippen LogP) is 1.84. The third-order valence-electron chi connectivity index (χ3n) is 4.38. The minimum absolute atomic E-state index is 0.0517. The first-order chi connectivity index (χ1) is 13.2. The van der Waals surface area contributed by atoms with Crippen LogP contribution in [0.25, 0.3) is 0 Å². The normalized spacial score (nSPS) is 20.3. The van der Waals surface area contributed by atoms with E-state index in [0.717, 1.165) is 6.07 Å². The quantitative estimate of drug-likeness (QED) is 0.499. The van der Waals surface area contributed by atoms with E-state index in [1.807, 2.05) is 0 Å². The predicted molar refractivity (Wildman–Crippen MR) is 101 cm³/mol. The summed E-state index contributed by atoms with van der Waals surface area (Å²) in [6.45, 7) is -0.0685. The molecule has 2 amide bonds. The highest BCUT2D eigenvalue weighted by atomic mass is 35.5. The number of anilines is 1. The van der Waals surface area contributed by atoms with Gasteiger partial charge in [-0.1, -0.05) is 17.7 Å². The highest BCUT2D eigenvalue weighted by molar-refractivity contribution is 7.79. The van der Waals surface area contributed by atoms with Crippen molar-refractivity contribution in [1.29, 1.82) is 0 Å². The molecule has 0 aliphatic carbocycles. The molecule has 10 heteroatoms. The first-order valence-corrected chi connectivity index (χ1v) is 9.68. The van der Waals surface area contributed by atoms with Crippen LogP contribution in [0.15, 0.2) is 47.4 Å². The van der Waals surface area contributed by atoms with Crippen LogP contribution in [-0.2, 0) is 27.2 Å². The van der Waals surface area contributed by atoms with Gasteiger partial charge in [-0.25, -0.2) is 8.60 Å². The van der Waals surface area contributed by atoms with Gasteiger partial charge in [0.25, 0.3) is 11.8 Å². The first kappa shape index (κ1) is 20.4. The van der Waals surface area contributed by atoms with E-state index in [-0.39, 0.29) is 29.4 Å². The molecule has 2 aromatic rings. The second kappa shape index (κ2) is 7.96. The summed E-state index contributed by atoms with van der Waals surface area (Å²) in [6.07, 6.45) is -0.159. The van der Waals surface area contributed by atoms with Gasteiger partial charge < -0.3 is 19.9 Å². The molecule has 3 N–H and O–H groups in total. The lowest BCUT2D eigenvalue weighted by Gasteiger charge is -2.22. The van der Waals surface area contributed by atoms with Gasteiger partial charge in [-0.05, 0) is 42.0 Å². The second-order valence-corrected chi connectivity index (χ2v) is 7.68. The molecule has 0 spiro atoms. The van der Waals surface area contributed by atoms with Crippen LogP contribution in [0.5, 0.6) is 0 Å². The van der Waals surface area contributed by atoms with Crippen LogP contribution in [0, 0.1) is 5.82 Å². The largest absolute Gasteiger partial charge is 0.372 e. The Balaban J connectivity index is 1.73. The minimum Gasteiger partial charge on any atom is -0.372 e. The Morgan fingerprint density at radius 2 is 2.07 bits per heavy atom. The van der Waals surface area contributed by atoms with Crippen molar-refractivity contribution in [3.8, 4) is 0 Å². The lowest BCUT2D eigenvalue weighted by molar-refractivity contribution is -0.149. The maximum absolute atomic E-state index is 13.4. The van der Waals surface area contributed by atoms with Crippen molar-refractivity contribution >= 4 is 40.2 Å². The van der Waals surface area contributed by atoms with Crippen LogP contribution < -0.4 is 10.2 Å². The molecule has 148 valence electrons. The smallest absolute Gasteiger partial charge is 0.268 e. The van der Waals surface area contributed by atoms with Gasteiger partial charge in [0.05, 0.1) is 4.90 Å². The Labute approximate surface area is 167 Å². The number of benzene rings is 2. The Morgan fingerprint density at radius 3 is 2.75 bits per heavy atom. The van der Waals surface area contributed by atoms with Gasteiger partial charge in [0.15, 0.2) is 11.1 Å². The number of carbonyl (C=O) groups is 2. The average molecular weight is 427 g/mol. The topological polar surface area (TPSA) is 107 Å². The van der Waals surface area contributed by atoms with Gasteiger partial charge in [-0.3, -0.25) is 9.59 Å². The molecular weight excluding hydrogens is 411 g/mol. The number of rotatable bonds is 5. The molecule has 1 fully saturated rings. The van der Waals surface area contributed by atoms with Crippen LogP contribution >= 0.6 is 11.6 Å². The summed E-state index contributed by atoms with van der Waals surface area (Å²) in [5, 5.41) is 13.2. The summed E-state index contributed by atoms with van der Waals surface area (Å²) in [4.78, 5) is 26.4. The number of nitrogens with one attached hydrogen (secondary N) is 1. The van der Waals surface area contributed by atoms with Crippen LogP contribution in [0.2, 0.25) is 5.02 Å². The Bertz CT molecular complexity index is 952. The highest BCUT2D eigenvalue weighted by Crippen LogP contribution is 2.29. The summed E-state index contributed by atoms with van der Waals surface area (Å²) in [7, 11) is 0. The van der Waals surface area contributed by atoms with E-state index < -0.39 is 34.3 Å². The Morgan fingerprint density at radius 1 is 1.32 bits per heavy atom. The van der Waals surface area contributed by atoms with Crippen molar-refractivity contribution in [1.82, 2.24) is 5.32 Å². The first-order valence-electron chi connectivity index (χ1n) is 8.19. The fourth-order valence-corrected chi connectivity index (χ4v) is 3.62. The van der Waals surface area contributed by atoms with Gasteiger partial charge in [0.1, 0.15) is 5.82 Å². The molecule has 7 nitrogen and oxygen atoms in total. The Hall–Kier alpha value is -2.33. The second-order valence-electron chi connectivity index (χ2n) is 6.27. The summed E-state index contributed by atoms with van der Waals surface area (Å²) >= 11 is 3.53. The molecule has 28 heavy (non-hydrogen) atoms. The summed E-state index contributed by atoms with van der Waals surface area (Å²) in [6, 6.07) is 9.55. The van der Waals surface area contributed by atoms with E-state index in [1.54, 1.807) is 0 Å². The van der Waals surface area contributed by atoms with Crippen molar-refractivity contribution in [2.45, 2.75) is 23.5 Å². The van der Waals surface area contributed by atoms with E-state index in [4.69, 9.17) is 11.6 Å². The van der Waals surface area contributed by atoms with Crippen LogP contribution in [0.4, 0.5) is 10.1 Å². The van der Waals surface area contributed by atoms with Crippen molar-refractivity contribution < 1.29 is 27.8 Å². The highest BCUT2D eigenvalue weighted by Gasteiger charge is 2.51. The standard InChI is InChI=1S/C18H16ClFN2O5S/c19-12-6-11(7-13(20)8-12)10-21-16(23)18(25)4-5-22(17(18)24)14-2-1-3-15(9-14)28(26)27/h1-3,6-9,25H,4-5,10H2,(H,21,23)(H,26,27)/t18-/m0/s1. The fourth-order valence-electron chi connectivity index (χ4n) is 2.96. The fraction of sp³-hybridized carbons (Fsp3) is 0.222. The number of hydrogen-bond acceptors (Lipinski definition) is 4. The average Bonchev–Trinajstić information content (AvgIpc) is 2.95. The molecule has 1 unspecified atom stereocenters. The van der Waals surface area contributed by atoms with Gasteiger partial charge in [-0.15, -0.1) is 0 Å². The molecular formula is C18H16ClFN2O5S. The monoisotopic (exact) mass is 426 g/mol. The number of aliphatic hydroxyl groups is 1. The summed E-state index contributed by atoms with van der Waals surface area (Å²) in [5.74, 6) is -2.33. The number of hydrogen-bond donors (Lipinski definition) is 3. The molecule has 3 rings (SSSR count). The third-order valence-corrected chi connectivity index (χ3v) is 5.25. The summed E-state index contributed by atoms with van der Waals surface area (Å²) < 4.78 is 33.8. The molecule has 2 aromatic carbocycles. The molecule has 1 heterocycles. The molecule has 1 saturated heterocycles. The maximum Gasteiger partial charge on any atom is 0.268 e. The van der Waals surface area contributed by atoms with E-state index in [9.17, 15) is 27.8 Å². The zero-order chi connectivity index (χ0) is 20.5. The van der Waals surface area contributed by atoms with E-state index in [0.29, 0.717) is 11.3 Å². The SMILES string of the molecule is O=C(NCc1cc(F)cc(Cl)c1)[C@@]1(O)CCN(c2cccc(S(=O)O)c2)C1=O. The molecule has 0 saturated carbocycles. The van der Waals surface area contributed by atoms with Gasteiger partial charge in [-0.2, -0.15) is 0 Å². The van der Waals surface area contributed by atoms with Gasteiger partial charge >= 0.3 is 0 Å². The summed E-state index contributed by atoms with van der Waals surface area (Å²) in [5.41, 5.74) is -1.61. The third kappa shape index (κ3) is 4.07. The van der Waals surface area contributed by atoms with Crippen molar-refractivity contribution in [3.05, 3.63) is 58.9 Å². The van der Waals surface area contributed by atoms with Crippen molar-refractivity contribution in [2.24, 2.45) is 0 Å². The van der Waals surface area contributed by atoms with Crippen LogP contribution in [0.3, 0.4) is 0 Å². The number of halogens is 2. The maximum atomic E-state index is 13.4. The lowest BCUT2D eigenvalue weighted by atomic mass is 10.0. The molecule has 0 aromatic heterocycles. The molecule has 0 bridgehead atoms. The number of amides is 2. The minimum atomic E-state index is -2.29. The van der Waals surface area contributed by atoms with Crippen LogP contribution in [-0.4, -0.2) is 37.8 Å². The van der Waals surface area contributed by atoms with E-state index in [1.165, 1.54) is 41.3 Å². The molecule has 0 radical (unpaired) electrons. The van der Waals surface area contributed by atoms with Gasteiger partial charge in [0.2, 0.25) is 5.60 Å². The van der Waals surface area contributed by atoms with E-state index in [2.05, 4.69) is 5.32 Å².